The van der Waals surface area contributed by atoms with Crippen molar-refractivity contribution in [2.24, 2.45) is 5.73 Å². The van der Waals surface area contributed by atoms with E-state index in [2.05, 4.69) is 4.98 Å². The first kappa shape index (κ1) is 17.6. The number of anilines is 3. The number of nitrogens with zero attached hydrogens (tertiary/aromatic N) is 2. The molecule has 0 saturated heterocycles. The lowest BCUT2D eigenvalue weighted by Crippen LogP contribution is -2.39. The van der Waals surface area contributed by atoms with Gasteiger partial charge >= 0.3 is 0 Å². The molecule has 4 N–H and O–H groups in total. The molecule has 0 aliphatic rings. The van der Waals surface area contributed by atoms with E-state index in [1.54, 1.807) is 36.1 Å². The van der Waals surface area contributed by atoms with Crippen molar-refractivity contribution in [2.75, 3.05) is 10.6 Å². The number of hydrogen-bond donors (Lipinski definition) is 2. The molecule has 2 aromatic carbocycles. The Morgan fingerprint density at radius 2 is 1.62 bits per heavy atom. The van der Waals surface area contributed by atoms with Crippen LogP contribution in [0.3, 0.4) is 0 Å². The van der Waals surface area contributed by atoms with Crippen LogP contribution >= 0.6 is 11.3 Å². The van der Waals surface area contributed by atoms with E-state index in [1.807, 2.05) is 36.4 Å². The molecule has 0 fully saturated rings. The number of hydrogen-bond acceptors (Lipinski definition) is 6. The molecule has 1 atom stereocenters. The van der Waals surface area contributed by atoms with Crippen LogP contribution in [0.2, 0.25) is 0 Å². The predicted octanol–water partition coefficient (Wildman–Crippen LogP) is 2.97. The van der Waals surface area contributed by atoms with Gasteiger partial charge < -0.3 is 16.4 Å². The van der Waals surface area contributed by atoms with Crippen molar-refractivity contribution in [3.63, 3.8) is 0 Å². The molecule has 6 nitrogen and oxygen atoms in total. The van der Waals surface area contributed by atoms with Crippen LogP contribution in [-0.2, 0) is 4.79 Å². The molecule has 1 amide bonds. The number of nitrogen functional groups attached to an aromatic ring is 1. The van der Waals surface area contributed by atoms with E-state index in [0.717, 1.165) is 17.0 Å². The minimum absolute atomic E-state index is 0.136. The highest BCUT2D eigenvalue weighted by atomic mass is 32.1. The van der Waals surface area contributed by atoms with Gasteiger partial charge in [-0.25, -0.2) is 4.98 Å². The zero-order valence-corrected chi connectivity index (χ0v) is 14.9. The maximum Gasteiger partial charge on any atom is 0.240 e. The molecule has 0 aliphatic heterocycles. The highest BCUT2D eigenvalue weighted by Gasteiger charge is 2.27. The van der Waals surface area contributed by atoms with E-state index in [-0.39, 0.29) is 11.6 Å². The Kier molecular flexibility index (Phi) is 4.99. The molecule has 0 unspecified atom stereocenters. The highest BCUT2D eigenvalue weighted by molar-refractivity contribution is 7.18. The van der Waals surface area contributed by atoms with Crippen LogP contribution in [0.4, 0.5) is 16.6 Å². The van der Waals surface area contributed by atoms with Crippen molar-refractivity contribution in [3.8, 4) is 0 Å². The van der Waals surface area contributed by atoms with Crippen molar-refractivity contribution in [2.45, 2.75) is 13.0 Å². The van der Waals surface area contributed by atoms with Crippen LogP contribution in [0.1, 0.15) is 22.2 Å². The summed E-state index contributed by atoms with van der Waals surface area (Å²) in [6.45, 7) is 1.69. The fourth-order valence-electron chi connectivity index (χ4n) is 2.52. The molecule has 1 aromatic heterocycles. The lowest BCUT2D eigenvalue weighted by molar-refractivity contribution is -0.118. The largest absolute Gasteiger partial charge is 0.382 e. The summed E-state index contributed by atoms with van der Waals surface area (Å²) < 4.78 is 0. The van der Waals surface area contributed by atoms with Crippen LogP contribution in [0.25, 0.3) is 0 Å². The summed E-state index contributed by atoms with van der Waals surface area (Å²) in [7, 11) is 0. The van der Waals surface area contributed by atoms with E-state index in [1.165, 1.54) is 0 Å². The number of nitrogens with two attached hydrogens (primary N) is 2. The van der Waals surface area contributed by atoms with Gasteiger partial charge in [0.25, 0.3) is 0 Å². The van der Waals surface area contributed by atoms with Crippen molar-refractivity contribution in [1.29, 1.82) is 0 Å². The van der Waals surface area contributed by atoms with Gasteiger partial charge in [-0.2, -0.15) is 0 Å². The summed E-state index contributed by atoms with van der Waals surface area (Å²) in [6, 6.07) is 17.5. The number of rotatable bonds is 6. The number of benzene rings is 2. The van der Waals surface area contributed by atoms with Crippen LogP contribution in [-0.4, -0.2) is 22.7 Å². The van der Waals surface area contributed by atoms with Gasteiger partial charge in [-0.3, -0.25) is 9.59 Å². The van der Waals surface area contributed by atoms with Crippen molar-refractivity contribution >= 4 is 39.7 Å². The third-order valence-corrected chi connectivity index (χ3v) is 4.99. The monoisotopic (exact) mass is 366 g/mol. The van der Waals surface area contributed by atoms with Gasteiger partial charge in [-0.1, -0.05) is 59.9 Å². The quantitative estimate of drug-likeness (QED) is 0.653. The van der Waals surface area contributed by atoms with Crippen LogP contribution in [0, 0.1) is 0 Å². The Labute approximate surface area is 155 Å². The summed E-state index contributed by atoms with van der Waals surface area (Å²) in [6.07, 6.45) is 0. The fourth-order valence-corrected chi connectivity index (χ4v) is 3.57. The number of carbonyl (C=O) groups excluding carboxylic acids is 2. The fraction of sp³-hybridized carbons (Fsp3) is 0.105. The van der Waals surface area contributed by atoms with E-state index < -0.39 is 11.9 Å². The maximum absolute atomic E-state index is 12.7. The Hall–Kier alpha value is -3.19. The van der Waals surface area contributed by atoms with Crippen LogP contribution in [0.5, 0.6) is 0 Å². The number of ketones is 1. The molecule has 0 radical (unpaired) electrons. The van der Waals surface area contributed by atoms with Crippen LogP contribution in [0.15, 0.2) is 60.7 Å². The summed E-state index contributed by atoms with van der Waals surface area (Å²) in [5.74, 6) is -0.568. The lowest BCUT2D eigenvalue weighted by Gasteiger charge is -2.26. The molecule has 7 heteroatoms. The normalized spacial score (nSPS) is 11.7. The van der Waals surface area contributed by atoms with E-state index in [4.69, 9.17) is 11.5 Å². The molecule has 0 saturated carbocycles. The lowest BCUT2D eigenvalue weighted by atomic mass is 10.1. The van der Waals surface area contributed by atoms with E-state index in [9.17, 15) is 9.59 Å². The molecule has 26 heavy (non-hydrogen) atoms. The van der Waals surface area contributed by atoms with Gasteiger partial charge in [0.05, 0.1) is 0 Å². The third kappa shape index (κ3) is 3.43. The molecule has 132 valence electrons. The van der Waals surface area contributed by atoms with E-state index >= 15 is 0 Å². The molecule has 3 rings (SSSR count). The molecule has 3 aromatic rings. The number of primary amides is 1. The molecule has 1 heterocycles. The summed E-state index contributed by atoms with van der Waals surface area (Å²) >= 11 is 1.14. The minimum Gasteiger partial charge on any atom is -0.382 e. The molecule has 0 spiro atoms. The molecule has 0 aliphatic carbocycles. The van der Waals surface area contributed by atoms with Gasteiger partial charge in [0.15, 0.2) is 5.13 Å². The van der Waals surface area contributed by atoms with Gasteiger partial charge in [0, 0.05) is 11.3 Å². The molecular formula is C19H18N4O2S. The average Bonchev–Trinajstić information content (AvgIpc) is 3.04. The third-order valence-electron chi connectivity index (χ3n) is 3.92. The Bertz CT molecular complexity index is 925. The standard InChI is InChI=1S/C19H18N4O2S/c1-12(18(21)25)23(14-10-6-3-7-11-14)19-22-17(20)16(26-19)15(24)13-8-4-2-5-9-13/h2-12H,20H2,1H3,(H2,21,25)/t12-/m1/s1. The number of amides is 1. The Balaban J connectivity index is 2.04. The second-order valence-corrected chi connectivity index (χ2v) is 6.67. The van der Waals surface area contributed by atoms with Gasteiger partial charge in [-0.05, 0) is 19.1 Å². The topological polar surface area (TPSA) is 102 Å². The zero-order chi connectivity index (χ0) is 18.7. The van der Waals surface area contributed by atoms with E-state index in [0.29, 0.717) is 15.6 Å². The van der Waals surface area contributed by atoms with Gasteiger partial charge in [-0.15, -0.1) is 0 Å². The first-order chi connectivity index (χ1) is 12.5. The summed E-state index contributed by atoms with van der Waals surface area (Å²) in [4.78, 5) is 30.9. The SMILES string of the molecule is C[C@H](C(N)=O)N(c1ccccc1)c1nc(N)c(C(=O)c2ccccc2)s1. The predicted molar refractivity (Wildman–Crippen MR) is 104 cm³/mol. The zero-order valence-electron chi connectivity index (χ0n) is 14.1. The first-order valence-electron chi connectivity index (χ1n) is 7.98. The minimum atomic E-state index is -0.650. The number of thiazole rings is 1. The second-order valence-electron chi connectivity index (χ2n) is 5.69. The van der Waals surface area contributed by atoms with Crippen molar-refractivity contribution < 1.29 is 9.59 Å². The van der Waals surface area contributed by atoms with Gasteiger partial charge in [0.1, 0.15) is 16.7 Å². The summed E-state index contributed by atoms with van der Waals surface area (Å²) in [5, 5.41) is 0.444. The first-order valence-corrected chi connectivity index (χ1v) is 8.80. The Morgan fingerprint density at radius 3 is 2.19 bits per heavy atom. The Morgan fingerprint density at radius 1 is 1.04 bits per heavy atom. The highest BCUT2D eigenvalue weighted by Crippen LogP contribution is 2.35. The summed E-state index contributed by atoms with van der Waals surface area (Å²) in [5.41, 5.74) is 12.8. The maximum atomic E-state index is 12.7. The van der Waals surface area contributed by atoms with Crippen molar-refractivity contribution in [3.05, 3.63) is 71.1 Å². The number of carbonyl (C=O) groups is 2. The van der Waals surface area contributed by atoms with Gasteiger partial charge in [0.2, 0.25) is 11.7 Å². The molecule has 0 bridgehead atoms. The second kappa shape index (κ2) is 7.37. The average molecular weight is 366 g/mol. The van der Waals surface area contributed by atoms with Crippen LogP contribution < -0.4 is 16.4 Å². The van der Waals surface area contributed by atoms with Crippen molar-refractivity contribution in [1.82, 2.24) is 4.98 Å². The number of aromatic nitrogens is 1. The smallest absolute Gasteiger partial charge is 0.240 e. The number of para-hydroxylation sites is 1. The molecular weight excluding hydrogens is 348 g/mol.